The Morgan fingerprint density at radius 1 is 0.830 bits per heavy atom. The summed E-state index contributed by atoms with van der Waals surface area (Å²) in [6, 6.07) is 12.5. The van der Waals surface area contributed by atoms with Gasteiger partial charge in [-0.05, 0) is 50.2 Å². The van der Waals surface area contributed by atoms with Gasteiger partial charge in [0.05, 0.1) is 38.1 Å². The summed E-state index contributed by atoms with van der Waals surface area (Å²) in [5, 5.41) is 27.7. The van der Waals surface area contributed by atoms with Gasteiger partial charge in [-0.2, -0.15) is 0 Å². The molecule has 0 radical (unpaired) electrons. The molecule has 0 saturated carbocycles. The second-order valence-corrected chi connectivity index (χ2v) is 12.7. The van der Waals surface area contributed by atoms with E-state index in [2.05, 4.69) is 25.4 Å². The predicted octanol–water partition coefficient (Wildman–Crippen LogP) is 4.43. The number of imidazole rings is 1. The fraction of sp³-hybridized carbons (Fsp3) is 0.294. The first-order chi connectivity index (χ1) is 22.7. The van der Waals surface area contributed by atoms with E-state index < -0.39 is 23.1 Å². The number of ketones is 2. The molecule has 13 heteroatoms. The number of carbonyl (C=O) groups is 2. The van der Waals surface area contributed by atoms with Crippen LogP contribution in [0.1, 0.15) is 33.6 Å². The summed E-state index contributed by atoms with van der Waals surface area (Å²) in [4.78, 5) is 48.5. The topological polar surface area (TPSA) is 140 Å². The molecular formula is C34H32Cl2N6O5. The van der Waals surface area contributed by atoms with Gasteiger partial charge in [0.1, 0.15) is 28.6 Å². The van der Waals surface area contributed by atoms with Crippen molar-refractivity contribution in [3.8, 4) is 11.5 Å². The molecule has 0 bridgehead atoms. The maximum atomic E-state index is 13.5. The van der Waals surface area contributed by atoms with Gasteiger partial charge in [0.2, 0.25) is 11.6 Å². The summed E-state index contributed by atoms with van der Waals surface area (Å²) in [5.41, 5.74) is 2.55. The quantitative estimate of drug-likeness (QED) is 0.0956. The Morgan fingerprint density at radius 3 is 2.23 bits per heavy atom. The number of hydrogen-bond acceptors (Lipinski definition) is 10. The number of piperazine rings is 1. The van der Waals surface area contributed by atoms with Crippen molar-refractivity contribution in [3.05, 3.63) is 85.9 Å². The van der Waals surface area contributed by atoms with E-state index in [1.807, 2.05) is 40.8 Å². The number of nitrogens with zero attached hydrogens (tertiary/aromatic N) is 4. The number of hydrogen-bond donors (Lipinski definition) is 4. The van der Waals surface area contributed by atoms with Gasteiger partial charge in [-0.3, -0.25) is 18.8 Å². The lowest BCUT2D eigenvalue weighted by atomic mass is 9.90. The first-order valence-corrected chi connectivity index (χ1v) is 16.3. The molecule has 7 rings (SSSR count). The van der Waals surface area contributed by atoms with Crippen LogP contribution in [0.5, 0.6) is 11.5 Å². The molecule has 1 aliphatic heterocycles. The van der Waals surface area contributed by atoms with Crippen molar-refractivity contribution in [2.45, 2.75) is 12.8 Å². The molecule has 242 valence electrons. The first kappa shape index (κ1) is 31.2. The van der Waals surface area contributed by atoms with E-state index in [-0.39, 0.29) is 32.3 Å². The second kappa shape index (κ2) is 12.6. The van der Waals surface area contributed by atoms with Crippen LogP contribution in [-0.4, -0.2) is 93.3 Å². The van der Waals surface area contributed by atoms with Gasteiger partial charge >= 0.3 is 0 Å². The van der Waals surface area contributed by atoms with Crippen LogP contribution in [0.2, 0.25) is 5.02 Å². The molecule has 47 heavy (non-hydrogen) atoms. The van der Waals surface area contributed by atoms with Gasteiger partial charge in [0, 0.05) is 56.4 Å². The molecule has 0 amide bonds. The van der Waals surface area contributed by atoms with Gasteiger partial charge in [0.15, 0.2) is 5.43 Å². The summed E-state index contributed by atoms with van der Waals surface area (Å²) < 4.78 is 2.00. The van der Waals surface area contributed by atoms with Gasteiger partial charge < -0.3 is 30.6 Å². The van der Waals surface area contributed by atoms with Crippen LogP contribution in [0, 0.1) is 0 Å². The fourth-order valence-corrected chi connectivity index (χ4v) is 7.08. The Hall–Kier alpha value is -4.42. The molecule has 1 aliphatic carbocycles. The number of Topliss-reactive ketones (excluding diaryl/α,β-unsaturated/α-hetero) is 2. The van der Waals surface area contributed by atoms with Crippen molar-refractivity contribution in [1.82, 2.24) is 24.5 Å². The number of anilines is 1. The lowest BCUT2D eigenvalue weighted by molar-refractivity contribution is 0.0969. The summed E-state index contributed by atoms with van der Waals surface area (Å²) >= 11 is 12.1. The third-order valence-corrected chi connectivity index (χ3v) is 9.71. The molecule has 2 aliphatic rings. The molecule has 3 heterocycles. The maximum Gasteiger partial charge on any atom is 0.215 e. The minimum absolute atomic E-state index is 0.0153. The number of phenolic OH excluding ortho intramolecular Hbond substituents is 2. The highest BCUT2D eigenvalue weighted by Gasteiger charge is 2.37. The molecule has 11 nitrogen and oxygen atoms in total. The number of nitrogens with one attached hydrogen (secondary N) is 2. The van der Waals surface area contributed by atoms with Crippen molar-refractivity contribution in [3.63, 3.8) is 0 Å². The number of allylic oxidation sites excluding steroid dienone is 2. The minimum Gasteiger partial charge on any atom is -0.507 e. The van der Waals surface area contributed by atoms with Crippen LogP contribution >= 0.6 is 23.2 Å². The monoisotopic (exact) mass is 674 g/mol. The highest BCUT2D eigenvalue weighted by atomic mass is 35.5. The van der Waals surface area contributed by atoms with Crippen LogP contribution in [0.15, 0.2) is 64.3 Å². The molecular weight excluding hydrogens is 643 g/mol. The van der Waals surface area contributed by atoms with E-state index in [1.165, 1.54) is 0 Å². The average molecular weight is 676 g/mol. The number of pyridine rings is 1. The number of halogens is 2. The normalized spacial score (nSPS) is 16.1. The van der Waals surface area contributed by atoms with Crippen molar-refractivity contribution in [2.24, 2.45) is 0 Å². The highest BCUT2D eigenvalue weighted by molar-refractivity contribution is 6.50. The van der Waals surface area contributed by atoms with Crippen LogP contribution in [0.4, 0.5) is 5.69 Å². The minimum atomic E-state index is -0.748. The molecule has 0 spiro atoms. The van der Waals surface area contributed by atoms with Crippen LogP contribution in [-0.2, 0) is 0 Å². The summed E-state index contributed by atoms with van der Waals surface area (Å²) in [6.07, 6.45) is 3.41. The first-order valence-electron chi connectivity index (χ1n) is 15.5. The summed E-state index contributed by atoms with van der Waals surface area (Å²) in [6.45, 7) is 6.54. The SMILES string of the molecule is O=C1C(Cl)=C(NCCCN2CCN(CCCNc3ccc4ncn5c6ccccc6c(=O)c3c45)CC2)C(=O)c2c(O)c(Cl)cc(O)c21. The van der Waals surface area contributed by atoms with Crippen LogP contribution in [0.25, 0.3) is 27.3 Å². The van der Waals surface area contributed by atoms with E-state index in [1.54, 1.807) is 6.33 Å². The molecule has 4 N–H and O–H groups in total. The number of aromatic nitrogens is 2. The van der Waals surface area contributed by atoms with E-state index in [4.69, 9.17) is 23.2 Å². The second-order valence-electron chi connectivity index (χ2n) is 11.9. The number of rotatable bonds is 10. The number of para-hydroxylation sites is 1. The molecule has 0 unspecified atom stereocenters. The third-order valence-electron chi connectivity index (χ3n) is 9.06. The van der Waals surface area contributed by atoms with E-state index >= 15 is 0 Å². The summed E-state index contributed by atoms with van der Waals surface area (Å²) in [5.74, 6) is -2.50. The Balaban J connectivity index is 0.875. The van der Waals surface area contributed by atoms with E-state index in [0.29, 0.717) is 23.7 Å². The smallest absolute Gasteiger partial charge is 0.215 e. The van der Waals surface area contributed by atoms with Crippen molar-refractivity contribution in [2.75, 3.05) is 57.7 Å². The van der Waals surface area contributed by atoms with E-state index in [9.17, 15) is 24.6 Å². The van der Waals surface area contributed by atoms with Gasteiger partial charge in [-0.1, -0.05) is 35.3 Å². The Labute approximate surface area is 279 Å². The molecule has 2 aromatic heterocycles. The Bertz CT molecular complexity index is 2140. The molecule has 3 aromatic carbocycles. The molecule has 5 aromatic rings. The van der Waals surface area contributed by atoms with Crippen molar-refractivity contribution < 1.29 is 19.8 Å². The zero-order chi connectivity index (χ0) is 32.8. The largest absolute Gasteiger partial charge is 0.507 e. The van der Waals surface area contributed by atoms with Crippen LogP contribution in [0.3, 0.4) is 0 Å². The van der Waals surface area contributed by atoms with E-state index in [0.717, 1.165) is 80.5 Å². The average Bonchev–Trinajstić information content (AvgIpc) is 3.51. The Morgan fingerprint density at radius 2 is 1.51 bits per heavy atom. The van der Waals surface area contributed by atoms with Gasteiger partial charge in [-0.15, -0.1) is 0 Å². The lowest BCUT2D eigenvalue weighted by Gasteiger charge is -2.34. The zero-order valence-corrected chi connectivity index (χ0v) is 26.9. The maximum absolute atomic E-state index is 13.5. The highest BCUT2D eigenvalue weighted by Crippen LogP contribution is 2.42. The number of benzene rings is 3. The third kappa shape index (κ3) is 5.53. The van der Waals surface area contributed by atoms with Gasteiger partial charge in [0.25, 0.3) is 0 Å². The van der Waals surface area contributed by atoms with Crippen molar-refractivity contribution in [1.29, 1.82) is 0 Å². The number of carbonyl (C=O) groups excluding carboxylic acids is 2. The number of fused-ring (bicyclic) bond motifs is 3. The number of aromatic hydroxyl groups is 2. The number of phenols is 2. The molecule has 1 saturated heterocycles. The standard InChI is InChI=1S/C34H32Cl2N6O5/c35-20-17-24(43)26-27(32(20)45)34(47)29(28(36)33(26)46)38-10-4-12-41-15-13-40(14-16-41)11-3-9-37-21-7-8-22-30-25(21)31(44)19-5-1-2-6-23(19)42(30)18-39-22/h1-2,5-8,17-18,37-38,43,45H,3-4,9-16H2. The summed E-state index contributed by atoms with van der Waals surface area (Å²) in [7, 11) is 0. The lowest BCUT2D eigenvalue weighted by Crippen LogP contribution is -2.47. The van der Waals surface area contributed by atoms with Gasteiger partial charge in [-0.25, -0.2) is 4.98 Å². The Kier molecular flexibility index (Phi) is 8.39. The van der Waals surface area contributed by atoms with Crippen molar-refractivity contribution >= 4 is 67.8 Å². The van der Waals surface area contributed by atoms with Crippen LogP contribution < -0.4 is 16.1 Å². The zero-order valence-electron chi connectivity index (χ0n) is 25.4. The predicted molar refractivity (Wildman–Crippen MR) is 183 cm³/mol. The molecule has 1 fully saturated rings. The fourth-order valence-electron chi connectivity index (χ4n) is 6.64. The molecule has 0 atom stereocenters.